The maximum Gasteiger partial charge on any atom is 0.246 e. The molecule has 4 aliphatic rings. The number of nitrogens with zero attached hydrogens (tertiary/aromatic N) is 1. The van der Waals surface area contributed by atoms with Gasteiger partial charge in [0.05, 0.1) is 30.1 Å². The molecule has 3 amide bonds. The molecule has 37 heavy (non-hydrogen) atoms. The molecule has 1 saturated carbocycles. The summed E-state index contributed by atoms with van der Waals surface area (Å²) in [5.41, 5.74) is -0.880. The highest BCUT2D eigenvalue weighted by molar-refractivity contribution is 5.99. The smallest absolute Gasteiger partial charge is 0.246 e. The molecule has 1 spiro atoms. The van der Waals surface area contributed by atoms with Crippen molar-refractivity contribution in [3.05, 3.63) is 35.9 Å². The van der Waals surface area contributed by atoms with Crippen LogP contribution in [-0.4, -0.2) is 70.2 Å². The topological polar surface area (TPSA) is 108 Å². The maximum atomic E-state index is 14.3. The number of aliphatic hydroxyl groups is 1. The van der Waals surface area contributed by atoms with E-state index in [4.69, 9.17) is 4.74 Å². The average Bonchev–Trinajstić information content (AvgIpc) is 3.47. The van der Waals surface area contributed by atoms with Crippen LogP contribution in [-0.2, 0) is 25.5 Å². The molecule has 1 aromatic carbocycles. The van der Waals surface area contributed by atoms with E-state index in [0.717, 1.165) is 37.7 Å². The first-order valence-electron chi connectivity index (χ1n) is 14.1. The van der Waals surface area contributed by atoms with Crippen molar-refractivity contribution in [1.29, 1.82) is 0 Å². The van der Waals surface area contributed by atoms with E-state index in [1.165, 1.54) is 6.42 Å². The van der Waals surface area contributed by atoms with Gasteiger partial charge in [-0.25, -0.2) is 0 Å². The Labute approximate surface area is 219 Å². The molecule has 3 N–H and O–H groups in total. The summed E-state index contributed by atoms with van der Waals surface area (Å²) in [6.07, 6.45) is 7.55. The highest BCUT2D eigenvalue weighted by atomic mass is 16.5. The fraction of sp³-hybridized carbons (Fsp3) is 0.690. The van der Waals surface area contributed by atoms with Crippen molar-refractivity contribution >= 4 is 17.7 Å². The van der Waals surface area contributed by atoms with Gasteiger partial charge in [0, 0.05) is 12.6 Å². The van der Waals surface area contributed by atoms with Gasteiger partial charge in [-0.05, 0) is 51.0 Å². The molecule has 3 saturated heterocycles. The quantitative estimate of drug-likeness (QED) is 0.472. The number of fused-ring (bicyclic) bond motifs is 1. The van der Waals surface area contributed by atoms with Crippen molar-refractivity contribution in [2.45, 2.75) is 101 Å². The molecule has 8 heteroatoms. The number of carbonyl (C=O) groups excluding carboxylic acids is 3. The lowest BCUT2D eigenvalue weighted by Gasteiger charge is -2.38. The van der Waals surface area contributed by atoms with Crippen LogP contribution in [0, 0.1) is 11.8 Å². The fourth-order valence-electron chi connectivity index (χ4n) is 7.48. The molecular weight excluding hydrogens is 470 g/mol. The average molecular weight is 512 g/mol. The first-order chi connectivity index (χ1) is 17.8. The van der Waals surface area contributed by atoms with Crippen molar-refractivity contribution in [2.75, 3.05) is 13.2 Å². The minimum absolute atomic E-state index is 0.0770. The number of nitrogens with one attached hydrogen (secondary N) is 2. The summed E-state index contributed by atoms with van der Waals surface area (Å²) < 4.78 is 6.69. The maximum absolute atomic E-state index is 14.3. The van der Waals surface area contributed by atoms with Gasteiger partial charge in [0.1, 0.15) is 11.6 Å². The number of carbonyl (C=O) groups is 3. The molecule has 5 rings (SSSR count). The van der Waals surface area contributed by atoms with E-state index in [1.54, 1.807) is 4.90 Å². The van der Waals surface area contributed by atoms with Crippen LogP contribution in [0.5, 0.6) is 0 Å². The minimum atomic E-state index is -1.07. The van der Waals surface area contributed by atoms with Gasteiger partial charge in [-0.15, -0.1) is 0 Å². The van der Waals surface area contributed by atoms with E-state index >= 15 is 0 Å². The lowest BCUT2D eigenvalue weighted by Crippen LogP contribution is -2.59. The van der Waals surface area contributed by atoms with Gasteiger partial charge < -0.3 is 25.4 Å². The predicted molar refractivity (Wildman–Crippen MR) is 138 cm³/mol. The molecule has 3 aliphatic heterocycles. The van der Waals surface area contributed by atoms with Crippen LogP contribution in [0.1, 0.15) is 70.8 Å². The Hall–Kier alpha value is -2.45. The van der Waals surface area contributed by atoms with Gasteiger partial charge in [0.2, 0.25) is 17.7 Å². The van der Waals surface area contributed by atoms with E-state index < -0.39 is 35.1 Å². The molecule has 0 aromatic heterocycles. The zero-order valence-electron chi connectivity index (χ0n) is 22.1. The zero-order valence-corrected chi connectivity index (χ0v) is 22.1. The van der Waals surface area contributed by atoms with Crippen LogP contribution in [0.25, 0.3) is 0 Å². The predicted octanol–water partition coefficient (Wildman–Crippen LogP) is 2.33. The number of hydrogen-bond acceptors (Lipinski definition) is 5. The summed E-state index contributed by atoms with van der Waals surface area (Å²) in [7, 11) is 0. The largest absolute Gasteiger partial charge is 0.394 e. The number of benzene rings is 1. The van der Waals surface area contributed by atoms with Crippen LogP contribution >= 0.6 is 0 Å². The van der Waals surface area contributed by atoms with Crippen LogP contribution in [0.3, 0.4) is 0 Å². The molecule has 4 fully saturated rings. The Kier molecular flexibility index (Phi) is 7.33. The first kappa shape index (κ1) is 26.2. The molecule has 0 radical (unpaired) electrons. The second kappa shape index (κ2) is 10.4. The van der Waals surface area contributed by atoms with E-state index in [9.17, 15) is 19.5 Å². The Balaban J connectivity index is 1.52. The van der Waals surface area contributed by atoms with Gasteiger partial charge in [-0.3, -0.25) is 14.4 Å². The fourth-order valence-corrected chi connectivity index (χ4v) is 7.48. The Morgan fingerprint density at radius 3 is 2.54 bits per heavy atom. The van der Waals surface area contributed by atoms with Gasteiger partial charge in [-0.1, -0.05) is 56.5 Å². The Morgan fingerprint density at radius 2 is 1.86 bits per heavy atom. The van der Waals surface area contributed by atoms with Crippen molar-refractivity contribution in [2.24, 2.45) is 11.8 Å². The summed E-state index contributed by atoms with van der Waals surface area (Å²) in [5.74, 6) is -2.05. The molecule has 8 nitrogen and oxygen atoms in total. The summed E-state index contributed by atoms with van der Waals surface area (Å²) in [6, 6.07) is 8.31. The first-order valence-corrected chi connectivity index (χ1v) is 14.1. The number of ether oxygens (including phenoxy) is 1. The molecular formula is C29H41N3O5. The van der Waals surface area contributed by atoms with E-state index in [2.05, 4.69) is 10.6 Å². The summed E-state index contributed by atoms with van der Waals surface area (Å²) in [6.45, 7) is 4.16. The third-order valence-electron chi connectivity index (χ3n) is 9.16. The number of likely N-dealkylation sites (tertiary alicyclic amines) is 1. The van der Waals surface area contributed by atoms with Gasteiger partial charge in [0.25, 0.3) is 0 Å². The van der Waals surface area contributed by atoms with E-state index in [1.807, 2.05) is 44.2 Å². The second-order valence-electron chi connectivity index (χ2n) is 11.6. The summed E-state index contributed by atoms with van der Waals surface area (Å²) >= 11 is 0. The molecule has 2 bridgehead atoms. The van der Waals surface area contributed by atoms with Gasteiger partial charge in [-0.2, -0.15) is 0 Å². The van der Waals surface area contributed by atoms with Crippen LogP contribution in [0.2, 0.25) is 0 Å². The van der Waals surface area contributed by atoms with Crippen LogP contribution in [0.15, 0.2) is 30.3 Å². The Bertz CT molecular complexity index is 1010. The number of aliphatic hydroxyl groups excluding tert-OH is 1. The molecule has 1 aliphatic carbocycles. The second-order valence-corrected chi connectivity index (χ2v) is 11.6. The standard InChI is InChI=1S/C29H41N3O5/c1-3-16-30-25(34)22-23-27(36)32(21(18-33)17-19-10-6-4-7-11-19)24(29(23)15-14-28(22,2)37-29)26(35)31-20-12-8-5-9-13-20/h4,6-7,10-11,20-24,33H,3,5,8-9,12-18H2,1-2H3,(H,30,34)(H,31,35)/t21-,22-,23+,24?,28+,29?/m1/s1. The Morgan fingerprint density at radius 1 is 1.14 bits per heavy atom. The normalized spacial score (nSPS) is 33.9. The molecule has 1 aromatic rings. The number of amides is 3. The van der Waals surface area contributed by atoms with Crippen molar-refractivity contribution in [3.63, 3.8) is 0 Å². The van der Waals surface area contributed by atoms with Crippen molar-refractivity contribution < 1.29 is 24.2 Å². The summed E-state index contributed by atoms with van der Waals surface area (Å²) in [5, 5.41) is 16.7. The lowest BCUT2D eigenvalue weighted by atomic mass is 9.66. The van der Waals surface area contributed by atoms with Crippen molar-refractivity contribution in [3.8, 4) is 0 Å². The van der Waals surface area contributed by atoms with Crippen LogP contribution < -0.4 is 10.6 Å². The van der Waals surface area contributed by atoms with E-state index in [0.29, 0.717) is 25.8 Å². The SMILES string of the molecule is CCCNC(=O)[C@H]1[C@H]2C(=O)N([C@@H](CO)Cc3ccccc3)C(C(=O)NC3CCCCC3)C23CC[C@]1(C)O3. The molecule has 3 heterocycles. The van der Waals surface area contributed by atoms with Crippen molar-refractivity contribution in [1.82, 2.24) is 15.5 Å². The third kappa shape index (κ3) is 4.46. The molecule has 2 unspecified atom stereocenters. The monoisotopic (exact) mass is 511 g/mol. The van der Waals surface area contributed by atoms with E-state index in [-0.39, 0.29) is 30.4 Å². The number of hydrogen-bond donors (Lipinski definition) is 3. The highest BCUT2D eigenvalue weighted by Gasteiger charge is 2.78. The summed E-state index contributed by atoms with van der Waals surface area (Å²) in [4.78, 5) is 43.3. The van der Waals surface area contributed by atoms with Gasteiger partial charge in [0.15, 0.2) is 0 Å². The molecule has 6 atom stereocenters. The van der Waals surface area contributed by atoms with Crippen LogP contribution in [0.4, 0.5) is 0 Å². The lowest BCUT2D eigenvalue weighted by molar-refractivity contribution is -0.150. The number of rotatable bonds is 9. The third-order valence-corrected chi connectivity index (χ3v) is 9.16. The highest BCUT2D eigenvalue weighted by Crippen LogP contribution is 2.63. The van der Waals surface area contributed by atoms with Gasteiger partial charge >= 0.3 is 0 Å². The molecule has 202 valence electrons. The zero-order chi connectivity index (χ0) is 26.2. The minimum Gasteiger partial charge on any atom is -0.394 e.